The van der Waals surface area contributed by atoms with E-state index in [1.54, 1.807) is 11.3 Å². The highest BCUT2D eigenvalue weighted by atomic mass is 32.2. The lowest BCUT2D eigenvalue weighted by Crippen LogP contribution is -2.35. The second kappa shape index (κ2) is 6.52. The Morgan fingerprint density at radius 3 is 2.55 bits per heavy atom. The van der Waals surface area contributed by atoms with Gasteiger partial charge in [-0.2, -0.15) is 0 Å². The second-order valence-electron chi connectivity index (χ2n) is 6.03. The number of thiophene rings is 1. The van der Waals surface area contributed by atoms with E-state index in [9.17, 15) is 8.42 Å². The van der Waals surface area contributed by atoms with Gasteiger partial charge in [-0.05, 0) is 30.4 Å². The molecule has 1 aliphatic rings. The van der Waals surface area contributed by atoms with Gasteiger partial charge in [-0.3, -0.25) is 4.90 Å². The summed E-state index contributed by atoms with van der Waals surface area (Å²) in [4.78, 5) is 3.61. The maximum Gasteiger partial charge on any atom is 0.151 e. The molecule has 0 N–H and O–H groups in total. The number of aryl methyl sites for hydroxylation is 1. The fourth-order valence-electron chi connectivity index (χ4n) is 2.91. The molecule has 1 aliphatic heterocycles. The Bertz CT molecular complexity index is 706. The lowest BCUT2D eigenvalue weighted by atomic mass is 10.1. The minimum atomic E-state index is -2.86. The maximum absolute atomic E-state index is 11.8. The molecule has 1 aromatic carbocycles. The van der Waals surface area contributed by atoms with Crippen molar-refractivity contribution in [2.45, 2.75) is 32.5 Å². The molecule has 0 saturated carbocycles. The molecule has 118 valence electrons. The highest BCUT2D eigenvalue weighted by Gasteiger charge is 2.32. The van der Waals surface area contributed by atoms with Gasteiger partial charge in [-0.15, -0.1) is 11.3 Å². The van der Waals surface area contributed by atoms with Gasteiger partial charge in [-0.25, -0.2) is 8.42 Å². The molecular weight excluding hydrogens is 314 g/mol. The molecule has 1 fully saturated rings. The molecule has 22 heavy (non-hydrogen) atoms. The lowest BCUT2D eigenvalue weighted by molar-refractivity contribution is 0.196. The molecule has 0 aliphatic carbocycles. The average molecular weight is 335 g/mol. The summed E-state index contributed by atoms with van der Waals surface area (Å²) >= 11 is 1.73. The van der Waals surface area contributed by atoms with Gasteiger partial charge in [0.25, 0.3) is 0 Å². The number of nitrogens with zero attached hydrogens (tertiary/aromatic N) is 1. The largest absolute Gasteiger partial charge is 0.290 e. The monoisotopic (exact) mass is 335 g/mol. The molecule has 1 atom stereocenters. The summed E-state index contributed by atoms with van der Waals surface area (Å²) in [7, 11) is -2.86. The van der Waals surface area contributed by atoms with E-state index in [-0.39, 0.29) is 6.04 Å². The standard InChI is InChI=1S/C17H21NO2S2/c1-14-4-6-15(7-5-14)11-18(12-17-3-2-9-21-17)16-8-10-22(19,20)13-16/h2-7,9,16H,8,10-13H2,1H3/t16-/m1/s1. The molecule has 0 amide bonds. The normalized spacial score (nSPS) is 20.5. The summed E-state index contributed by atoms with van der Waals surface area (Å²) in [5.41, 5.74) is 2.49. The van der Waals surface area contributed by atoms with E-state index in [1.165, 1.54) is 16.0 Å². The van der Waals surface area contributed by atoms with Gasteiger partial charge in [0.05, 0.1) is 11.5 Å². The van der Waals surface area contributed by atoms with E-state index < -0.39 is 9.84 Å². The van der Waals surface area contributed by atoms with Gasteiger partial charge < -0.3 is 0 Å². The summed E-state index contributed by atoms with van der Waals surface area (Å²) < 4.78 is 23.6. The van der Waals surface area contributed by atoms with Gasteiger partial charge in [0.1, 0.15) is 0 Å². The first-order valence-electron chi connectivity index (χ1n) is 7.54. The van der Waals surface area contributed by atoms with Gasteiger partial charge in [-0.1, -0.05) is 35.9 Å². The third-order valence-corrected chi connectivity index (χ3v) is 6.78. The molecule has 3 nitrogen and oxygen atoms in total. The average Bonchev–Trinajstić information content (AvgIpc) is 3.10. The number of benzene rings is 1. The molecule has 0 radical (unpaired) electrons. The van der Waals surface area contributed by atoms with Crippen molar-refractivity contribution in [1.29, 1.82) is 0 Å². The first-order chi connectivity index (χ1) is 10.5. The molecule has 1 aromatic heterocycles. The molecule has 0 bridgehead atoms. The lowest BCUT2D eigenvalue weighted by Gasteiger charge is -2.27. The van der Waals surface area contributed by atoms with E-state index in [1.807, 2.05) is 0 Å². The number of sulfone groups is 1. The first kappa shape index (κ1) is 15.7. The van der Waals surface area contributed by atoms with Crippen molar-refractivity contribution in [3.8, 4) is 0 Å². The summed E-state index contributed by atoms with van der Waals surface area (Å²) in [6.45, 7) is 3.71. The highest BCUT2D eigenvalue weighted by Crippen LogP contribution is 2.23. The summed E-state index contributed by atoms with van der Waals surface area (Å²) in [5, 5.41) is 2.07. The second-order valence-corrected chi connectivity index (χ2v) is 9.29. The molecule has 3 rings (SSSR count). The van der Waals surface area contributed by atoms with Crippen molar-refractivity contribution in [3.63, 3.8) is 0 Å². The van der Waals surface area contributed by atoms with Gasteiger partial charge in [0.15, 0.2) is 9.84 Å². The summed E-state index contributed by atoms with van der Waals surface area (Å²) in [5.74, 6) is 0.622. The van der Waals surface area contributed by atoms with E-state index >= 15 is 0 Å². The zero-order chi connectivity index (χ0) is 15.6. The van der Waals surface area contributed by atoms with Crippen LogP contribution in [-0.4, -0.2) is 30.9 Å². The van der Waals surface area contributed by atoms with Crippen LogP contribution in [0.5, 0.6) is 0 Å². The molecular formula is C17H21NO2S2. The van der Waals surface area contributed by atoms with E-state index in [0.717, 1.165) is 19.5 Å². The van der Waals surface area contributed by atoms with E-state index in [0.29, 0.717) is 11.5 Å². The molecule has 0 spiro atoms. The predicted octanol–water partition coefficient (Wildman–Crippen LogP) is 3.25. The zero-order valence-corrected chi connectivity index (χ0v) is 14.4. The summed E-state index contributed by atoms with van der Waals surface area (Å²) in [6.07, 6.45) is 0.750. The number of hydrogen-bond acceptors (Lipinski definition) is 4. The van der Waals surface area contributed by atoms with Gasteiger partial charge >= 0.3 is 0 Å². The van der Waals surface area contributed by atoms with Crippen LogP contribution < -0.4 is 0 Å². The van der Waals surface area contributed by atoms with Crippen molar-refractivity contribution in [2.24, 2.45) is 0 Å². The molecule has 1 saturated heterocycles. The third kappa shape index (κ3) is 3.97. The Balaban J connectivity index is 1.78. The SMILES string of the molecule is Cc1ccc(CN(Cc2cccs2)[C@@H]2CCS(=O)(=O)C2)cc1. The van der Waals surface area contributed by atoms with Crippen LogP contribution >= 0.6 is 11.3 Å². The number of rotatable bonds is 5. The minimum absolute atomic E-state index is 0.133. The molecule has 2 heterocycles. The van der Waals surface area contributed by atoms with Crippen LogP contribution in [0.15, 0.2) is 41.8 Å². The highest BCUT2D eigenvalue weighted by molar-refractivity contribution is 7.91. The Morgan fingerprint density at radius 2 is 1.95 bits per heavy atom. The maximum atomic E-state index is 11.8. The molecule has 5 heteroatoms. The van der Waals surface area contributed by atoms with Gasteiger partial charge in [0, 0.05) is 24.0 Å². The van der Waals surface area contributed by atoms with Gasteiger partial charge in [0.2, 0.25) is 0 Å². The fraction of sp³-hybridized carbons (Fsp3) is 0.412. The van der Waals surface area contributed by atoms with Crippen LogP contribution in [0.1, 0.15) is 22.4 Å². The van der Waals surface area contributed by atoms with Crippen LogP contribution in [0.4, 0.5) is 0 Å². The van der Waals surface area contributed by atoms with Crippen molar-refractivity contribution in [2.75, 3.05) is 11.5 Å². The van der Waals surface area contributed by atoms with Crippen LogP contribution in [-0.2, 0) is 22.9 Å². The quantitative estimate of drug-likeness (QED) is 0.842. The minimum Gasteiger partial charge on any atom is -0.290 e. The fourth-order valence-corrected chi connectivity index (χ4v) is 5.40. The van der Waals surface area contributed by atoms with E-state index in [2.05, 4.69) is 53.6 Å². The predicted molar refractivity (Wildman–Crippen MR) is 91.8 cm³/mol. The van der Waals surface area contributed by atoms with Crippen molar-refractivity contribution < 1.29 is 8.42 Å². The van der Waals surface area contributed by atoms with Crippen LogP contribution in [0.3, 0.4) is 0 Å². The topological polar surface area (TPSA) is 37.4 Å². The van der Waals surface area contributed by atoms with Crippen LogP contribution in [0.25, 0.3) is 0 Å². The van der Waals surface area contributed by atoms with Crippen molar-refractivity contribution in [3.05, 3.63) is 57.8 Å². The van der Waals surface area contributed by atoms with Crippen LogP contribution in [0, 0.1) is 6.92 Å². The third-order valence-electron chi connectivity index (χ3n) is 4.17. The Hall–Kier alpha value is -1.17. The molecule has 0 unspecified atom stereocenters. The van der Waals surface area contributed by atoms with Crippen LogP contribution in [0.2, 0.25) is 0 Å². The van der Waals surface area contributed by atoms with Crippen molar-refractivity contribution in [1.82, 2.24) is 4.90 Å². The Kier molecular flexibility index (Phi) is 4.66. The number of hydrogen-bond donors (Lipinski definition) is 0. The Labute approximate surface area is 136 Å². The zero-order valence-electron chi connectivity index (χ0n) is 12.7. The first-order valence-corrected chi connectivity index (χ1v) is 10.2. The summed E-state index contributed by atoms with van der Waals surface area (Å²) in [6, 6.07) is 12.8. The molecule has 2 aromatic rings. The smallest absolute Gasteiger partial charge is 0.151 e. The van der Waals surface area contributed by atoms with E-state index in [4.69, 9.17) is 0 Å². The Morgan fingerprint density at radius 1 is 1.18 bits per heavy atom. The van der Waals surface area contributed by atoms with Crippen molar-refractivity contribution >= 4 is 21.2 Å².